The van der Waals surface area contributed by atoms with E-state index in [0.717, 1.165) is 35.0 Å². The number of anilines is 1. The standard InChI is InChI=1S/C21H23ClN6O4S/c22-18-7-3-4-8-19(18)28-21(30)27(24-25-28)15-20(29)23-16-9-11-17(12-10-16)33(31,32)26-13-5-1-2-6-14-26/h3-4,7-12H,1-2,5-6,13-15H2,(H,23,29). The van der Waals surface area contributed by atoms with E-state index in [0.29, 0.717) is 29.5 Å². The zero-order valence-electron chi connectivity index (χ0n) is 17.7. The van der Waals surface area contributed by atoms with E-state index < -0.39 is 21.6 Å². The van der Waals surface area contributed by atoms with Gasteiger partial charge < -0.3 is 5.32 Å². The summed E-state index contributed by atoms with van der Waals surface area (Å²) in [5.41, 5.74) is 0.149. The zero-order valence-corrected chi connectivity index (χ0v) is 19.3. The van der Waals surface area contributed by atoms with Crippen molar-refractivity contribution in [2.45, 2.75) is 37.1 Å². The van der Waals surface area contributed by atoms with Crippen molar-refractivity contribution in [1.82, 2.24) is 24.1 Å². The molecule has 1 N–H and O–H groups in total. The molecule has 1 saturated heterocycles. The van der Waals surface area contributed by atoms with E-state index in [4.69, 9.17) is 11.6 Å². The number of para-hydroxylation sites is 1. The number of carbonyl (C=O) groups excluding carboxylic acids is 1. The van der Waals surface area contributed by atoms with Crippen molar-refractivity contribution < 1.29 is 13.2 Å². The number of aromatic nitrogens is 4. The summed E-state index contributed by atoms with van der Waals surface area (Å²) in [6.45, 7) is 0.673. The van der Waals surface area contributed by atoms with Crippen LogP contribution in [0.15, 0.2) is 58.2 Å². The van der Waals surface area contributed by atoms with Gasteiger partial charge in [-0.15, -0.1) is 0 Å². The van der Waals surface area contributed by atoms with Crippen LogP contribution in [0.3, 0.4) is 0 Å². The van der Waals surface area contributed by atoms with Crippen LogP contribution in [0.5, 0.6) is 0 Å². The predicted molar refractivity (Wildman–Crippen MR) is 123 cm³/mol. The third-order valence-corrected chi connectivity index (χ3v) is 7.59. The third kappa shape index (κ3) is 5.15. The van der Waals surface area contributed by atoms with Gasteiger partial charge in [-0.2, -0.15) is 13.7 Å². The molecular formula is C21H23ClN6O4S. The Kier molecular flexibility index (Phi) is 6.91. The van der Waals surface area contributed by atoms with Crippen LogP contribution < -0.4 is 11.0 Å². The van der Waals surface area contributed by atoms with E-state index in [1.54, 1.807) is 24.3 Å². The number of rotatable bonds is 6. The summed E-state index contributed by atoms with van der Waals surface area (Å²) < 4.78 is 29.2. The number of hydrogen-bond acceptors (Lipinski definition) is 6. The quantitative estimate of drug-likeness (QED) is 0.566. The van der Waals surface area contributed by atoms with Gasteiger partial charge in [0.25, 0.3) is 0 Å². The molecule has 33 heavy (non-hydrogen) atoms. The van der Waals surface area contributed by atoms with Gasteiger partial charge in [0.05, 0.1) is 15.6 Å². The number of amides is 1. The summed E-state index contributed by atoms with van der Waals surface area (Å²) in [7, 11) is -3.57. The zero-order chi connectivity index (χ0) is 23.4. The van der Waals surface area contributed by atoms with Gasteiger partial charge in [-0.3, -0.25) is 4.79 Å². The topological polar surface area (TPSA) is 119 Å². The largest absolute Gasteiger partial charge is 0.369 e. The van der Waals surface area contributed by atoms with Crippen LogP contribution in [0, 0.1) is 0 Å². The Labute approximate surface area is 195 Å². The molecule has 10 nitrogen and oxygen atoms in total. The van der Waals surface area contributed by atoms with Crippen molar-refractivity contribution >= 4 is 33.2 Å². The van der Waals surface area contributed by atoms with E-state index in [1.165, 1.54) is 28.6 Å². The minimum Gasteiger partial charge on any atom is -0.324 e. The van der Waals surface area contributed by atoms with Crippen LogP contribution in [0.25, 0.3) is 5.69 Å². The fourth-order valence-electron chi connectivity index (χ4n) is 3.63. The van der Waals surface area contributed by atoms with Crippen LogP contribution in [0.2, 0.25) is 5.02 Å². The number of carbonyl (C=O) groups is 1. The SMILES string of the molecule is O=C(Cn1nnn(-c2ccccc2Cl)c1=O)Nc1ccc(S(=O)(=O)N2CCCCCC2)cc1. The first-order valence-corrected chi connectivity index (χ1v) is 12.4. The molecule has 2 aromatic carbocycles. The number of hydrogen-bond donors (Lipinski definition) is 1. The minimum absolute atomic E-state index is 0.182. The number of sulfonamides is 1. The Morgan fingerprint density at radius 1 is 0.970 bits per heavy atom. The van der Waals surface area contributed by atoms with Crippen LogP contribution in [0.4, 0.5) is 5.69 Å². The second kappa shape index (κ2) is 9.86. The average Bonchev–Trinajstić information content (AvgIpc) is 2.99. The molecule has 2 heterocycles. The Bertz CT molecular complexity index is 1290. The van der Waals surface area contributed by atoms with E-state index >= 15 is 0 Å². The molecule has 0 spiro atoms. The first kappa shape index (κ1) is 23.1. The maximum Gasteiger partial charge on any atom is 0.369 e. The first-order chi connectivity index (χ1) is 15.9. The molecule has 174 valence electrons. The summed E-state index contributed by atoms with van der Waals surface area (Å²) in [6, 6.07) is 12.6. The molecule has 0 atom stereocenters. The number of nitrogens with one attached hydrogen (secondary N) is 1. The highest BCUT2D eigenvalue weighted by Crippen LogP contribution is 2.22. The Hall–Kier alpha value is -3.02. The molecule has 1 amide bonds. The molecule has 1 aliphatic heterocycles. The van der Waals surface area contributed by atoms with Crippen LogP contribution >= 0.6 is 11.6 Å². The Balaban J connectivity index is 1.43. The molecule has 0 aliphatic carbocycles. The van der Waals surface area contributed by atoms with Gasteiger partial charge in [0.15, 0.2) is 0 Å². The van der Waals surface area contributed by atoms with E-state index in [2.05, 4.69) is 15.7 Å². The van der Waals surface area contributed by atoms with E-state index in [1.807, 2.05) is 0 Å². The fourth-order valence-corrected chi connectivity index (χ4v) is 5.36. The van der Waals surface area contributed by atoms with Crippen molar-refractivity contribution in [1.29, 1.82) is 0 Å². The van der Waals surface area contributed by atoms with Crippen LogP contribution in [-0.2, 0) is 21.4 Å². The summed E-state index contributed by atoms with van der Waals surface area (Å²) in [4.78, 5) is 25.1. The molecule has 0 bridgehead atoms. The molecule has 1 aliphatic rings. The lowest BCUT2D eigenvalue weighted by atomic mass is 10.2. The lowest BCUT2D eigenvalue weighted by molar-refractivity contribution is -0.117. The highest BCUT2D eigenvalue weighted by atomic mass is 35.5. The second-order valence-electron chi connectivity index (χ2n) is 7.67. The van der Waals surface area contributed by atoms with Gasteiger partial charge >= 0.3 is 5.69 Å². The molecule has 0 unspecified atom stereocenters. The van der Waals surface area contributed by atoms with Gasteiger partial charge in [-0.1, -0.05) is 36.6 Å². The second-order valence-corrected chi connectivity index (χ2v) is 10.0. The monoisotopic (exact) mass is 490 g/mol. The normalized spacial score (nSPS) is 15.2. The predicted octanol–water partition coefficient (Wildman–Crippen LogP) is 2.29. The van der Waals surface area contributed by atoms with Crippen molar-refractivity contribution in [3.8, 4) is 5.69 Å². The Morgan fingerprint density at radius 2 is 1.64 bits per heavy atom. The number of tetrazole rings is 1. The molecule has 1 fully saturated rings. The van der Waals surface area contributed by atoms with Gasteiger partial charge in [0.2, 0.25) is 15.9 Å². The summed E-state index contributed by atoms with van der Waals surface area (Å²) in [6.07, 6.45) is 3.78. The fraction of sp³-hybridized carbons (Fsp3) is 0.333. The first-order valence-electron chi connectivity index (χ1n) is 10.5. The van der Waals surface area contributed by atoms with Crippen molar-refractivity contribution in [3.63, 3.8) is 0 Å². The maximum atomic E-state index is 12.9. The minimum atomic E-state index is -3.57. The maximum absolute atomic E-state index is 12.9. The molecule has 3 aromatic rings. The highest BCUT2D eigenvalue weighted by Gasteiger charge is 2.25. The third-order valence-electron chi connectivity index (χ3n) is 5.35. The highest BCUT2D eigenvalue weighted by molar-refractivity contribution is 7.89. The number of benzene rings is 2. The molecular weight excluding hydrogens is 468 g/mol. The van der Waals surface area contributed by atoms with E-state index in [-0.39, 0.29) is 11.4 Å². The summed E-state index contributed by atoms with van der Waals surface area (Å²) >= 11 is 6.09. The van der Waals surface area contributed by atoms with Gasteiger partial charge in [0.1, 0.15) is 6.54 Å². The number of nitrogens with zero attached hydrogens (tertiary/aromatic N) is 5. The van der Waals surface area contributed by atoms with Crippen molar-refractivity contribution in [2.75, 3.05) is 18.4 Å². The molecule has 0 saturated carbocycles. The molecule has 4 rings (SSSR count). The van der Waals surface area contributed by atoms with Gasteiger partial charge in [-0.05, 0) is 59.7 Å². The van der Waals surface area contributed by atoms with E-state index in [9.17, 15) is 18.0 Å². The van der Waals surface area contributed by atoms with Crippen LogP contribution in [0.1, 0.15) is 25.7 Å². The van der Waals surface area contributed by atoms with Crippen molar-refractivity contribution in [3.05, 3.63) is 64.0 Å². The molecule has 1 aromatic heterocycles. The summed E-state index contributed by atoms with van der Waals surface area (Å²) in [5.74, 6) is -0.508. The smallest absolute Gasteiger partial charge is 0.324 e. The average molecular weight is 491 g/mol. The molecule has 12 heteroatoms. The lowest BCUT2D eigenvalue weighted by Gasteiger charge is -2.20. The number of halogens is 1. The van der Waals surface area contributed by atoms with Crippen LogP contribution in [-0.4, -0.2) is 51.5 Å². The van der Waals surface area contributed by atoms with Gasteiger partial charge in [0, 0.05) is 18.8 Å². The molecule has 0 radical (unpaired) electrons. The Morgan fingerprint density at radius 3 is 2.30 bits per heavy atom. The lowest BCUT2D eigenvalue weighted by Crippen LogP contribution is -2.32. The summed E-state index contributed by atoms with van der Waals surface area (Å²) in [5, 5.41) is 10.5. The van der Waals surface area contributed by atoms with Crippen molar-refractivity contribution in [2.24, 2.45) is 0 Å². The van der Waals surface area contributed by atoms with Gasteiger partial charge in [-0.25, -0.2) is 13.2 Å².